The number of rotatable bonds is 20. The summed E-state index contributed by atoms with van der Waals surface area (Å²) in [5.74, 6) is 0.179. The van der Waals surface area contributed by atoms with Gasteiger partial charge in [0.1, 0.15) is 12.7 Å². The van der Waals surface area contributed by atoms with E-state index in [1.807, 2.05) is 21.0 Å². The highest BCUT2D eigenvalue weighted by Crippen LogP contribution is 2.42. The Hall–Kier alpha value is -0.500. The van der Waals surface area contributed by atoms with Crippen LogP contribution in [0.25, 0.3) is 0 Å². The lowest BCUT2D eigenvalue weighted by atomic mass is 10.0. The molecule has 0 aromatic carbocycles. The number of carbonyl (C=O) groups is 1. The standard InChI is InChI=1S/C22H46NO7P/c1-19(2)13-11-9-7-6-8-10-12-14-20(3)22(25)28-17-21(24)18-30-31(26,27)29-16-15-23(4)5/h19-21,24H,6-18H2,1-5H3,(H,26,27)/t20?,21-/m1/s1. The predicted octanol–water partition coefficient (Wildman–Crippen LogP) is 4.39. The number of phosphoric acid groups is 1. The summed E-state index contributed by atoms with van der Waals surface area (Å²) in [5, 5.41) is 9.82. The number of phosphoric ester groups is 1. The van der Waals surface area contributed by atoms with Gasteiger partial charge in [-0.3, -0.25) is 13.8 Å². The minimum atomic E-state index is -4.23. The summed E-state index contributed by atoms with van der Waals surface area (Å²) in [6.45, 7) is 6.10. The summed E-state index contributed by atoms with van der Waals surface area (Å²) < 4.78 is 26.3. The van der Waals surface area contributed by atoms with Crippen molar-refractivity contribution < 1.29 is 33.1 Å². The summed E-state index contributed by atoms with van der Waals surface area (Å²) in [6.07, 6.45) is 9.31. The van der Waals surface area contributed by atoms with Gasteiger partial charge in [-0.2, -0.15) is 0 Å². The molecule has 9 heteroatoms. The van der Waals surface area contributed by atoms with Gasteiger partial charge in [0.05, 0.1) is 19.1 Å². The van der Waals surface area contributed by atoms with E-state index in [1.165, 1.54) is 38.5 Å². The molecule has 2 unspecified atom stereocenters. The highest BCUT2D eigenvalue weighted by molar-refractivity contribution is 7.47. The molecule has 8 nitrogen and oxygen atoms in total. The highest BCUT2D eigenvalue weighted by atomic mass is 31.2. The predicted molar refractivity (Wildman–Crippen MR) is 123 cm³/mol. The molecule has 0 saturated heterocycles. The summed E-state index contributed by atoms with van der Waals surface area (Å²) in [6, 6.07) is 0. The van der Waals surface area contributed by atoms with Crippen molar-refractivity contribution in [2.75, 3.05) is 40.5 Å². The van der Waals surface area contributed by atoms with E-state index in [4.69, 9.17) is 13.8 Å². The maximum atomic E-state index is 12.0. The molecule has 0 aliphatic carbocycles. The third kappa shape index (κ3) is 19.9. The van der Waals surface area contributed by atoms with Gasteiger partial charge in [-0.1, -0.05) is 72.1 Å². The summed E-state index contributed by atoms with van der Waals surface area (Å²) in [7, 11) is -0.618. The van der Waals surface area contributed by atoms with Crippen LogP contribution in [0.5, 0.6) is 0 Å². The molecule has 0 saturated carbocycles. The number of nitrogens with zero attached hydrogens (tertiary/aromatic N) is 1. The molecule has 0 spiro atoms. The van der Waals surface area contributed by atoms with E-state index in [0.717, 1.165) is 25.2 Å². The Kier molecular flexibility index (Phi) is 17.7. The Bertz CT molecular complexity index is 502. The lowest BCUT2D eigenvalue weighted by Gasteiger charge is -2.17. The molecule has 0 radical (unpaired) electrons. The second kappa shape index (κ2) is 18.0. The van der Waals surface area contributed by atoms with Gasteiger partial charge in [0, 0.05) is 6.54 Å². The number of likely N-dealkylation sites (N-methyl/N-ethyl adjacent to an activating group) is 1. The van der Waals surface area contributed by atoms with Crippen molar-refractivity contribution in [1.82, 2.24) is 4.90 Å². The van der Waals surface area contributed by atoms with Crippen LogP contribution >= 0.6 is 7.82 Å². The zero-order valence-electron chi connectivity index (χ0n) is 20.3. The first-order chi connectivity index (χ1) is 14.5. The molecule has 0 heterocycles. The number of ether oxygens (including phenoxy) is 1. The van der Waals surface area contributed by atoms with Crippen molar-refractivity contribution in [2.24, 2.45) is 11.8 Å². The molecule has 0 aliphatic rings. The quantitative estimate of drug-likeness (QED) is 0.154. The fourth-order valence-corrected chi connectivity index (χ4v) is 3.68. The molecule has 0 aliphatic heterocycles. The van der Waals surface area contributed by atoms with Crippen LogP contribution in [0, 0.1) is 11.8 Å². The van der Waals surface area contributed by atoms with Crippen LogP contribution in [-0.2, 0) is 23.1 Å². The number of unbranched alkanes of at least 4 members (excludes halogenated alkanes) is 6. The smallest absolute Gasteiger partial charge is 0.463 e. The Morgan fingerprint density at radius 2 is 1.45 bits per heavy atom. The van der Waals surface area contributed by atoms with Gasteiger partial charge in [0.25, 0.3) is 0 Å². The minimum absolute atomic E-state index is 0.0293. The van der Waals surface area contributed by atoms with Gasteiger partial charge in [-0.25, -0.2) is 4.57 Å². The monoisotopic (exact) mass is 467 g/mol. The molecule has 31 heavy (non-hydrogen) atoms. The molecule has 3 atom stereocenters. The first-order valence-corrected chi connectivity index (χ1v) is 13.1. The molecule has 0 amide bonds. The summed E-state index contributed by atoms with van der Waals surface area (Å²) >= 11 is 0. The fraction of sp³-hybridized carbons (Fsp3) is 0.955. The maximum Gasteiger partial charge on any atom is 0.472 e. The molecule has 0 aromatic heterocycles. The molecule has 0 fully saturated rings. The normalized spacial score (nSPS) is 15.8. The molecular formula is C22H46NO7P. The highest BCUT2D eigenvalue weighted by Gasteiger charge is 2.23. The van der Waals surface area contributed by atoms with Gasteiger partial charge in [-0.05, 0) is 26.4 Å². The largest absolute Gasteiger partial charge is 0.472 e. The summed E-state index contributed by atoms with van der Waals surface area (Å²) in [4.78, 5) is 23.4. The van der Waals surface area contributed by atoms with E-state index >= 15 is 0 Å². The Labute approximate surface area is 189 Å². The van der Waals surface area contributed by atoms with Crippen molar-refractivity contribution in [3.8, 4) is 0 Å². The van der Waals surface area contributed by atoms with Crippen LogP contribution in [0.3, 0.4) is 0 Å². The number of carbonyl (C=O) groups excluding carboxylic acids is 1. The second-order valence-electron chi connectivity index (χ2n) is 9.03. The number of aliphatic hydroxyl groups excluding tert-OH is 1. The Morgan fingerprint density at radius 1 is 0.903 bits per heavy atom. The van der Waals surface area contributed by atoms with E-state index in [1.54, 1.807) is 4.90 Å². The van der Waals surface area contributed by atoms with Crippen LogP contribution < -0.4 is 0 Å². The van der Waals surface area contributed by atoms with Gasteiger partial charge >= 0.3 is 13.8 Å². The lowest BCUT2D eigenvalue weighted by molar-refractivity contribution is -0.151. The van der Waals surface area contributed by atoms with Crippen molar-refractivity contribution in [2.45, 2.75) is 84.7 Å². The zero-order valence-corrected chi connectivity index (χ0v) is 21.1. The zero-order chi connectivity index (χ0) is 23.7. The Morgan fingerprint density at radius 3 is 2.00 bits per heavy atom. The van der Waals surface area contributed by atoms with Gasteiger partial charge in [-0.15, -0.1) is 0 Å². The van der Waals surface area contributed by atoms with Crippen molar-refractivity contribution >= 4 is 13.8 Å². The van der Waals surface area contributed by atoms with Gasteiger partial charge < -0.3 is 19.6 Å². The molecule has 186 valence electrons. The molecule has 0 aromatic rings. The number of hydrogen-bond donors (Lipinski definition) is 2. The van der Waals surface area contributed by atoms with E-state index in [0.29, 0.717) is 6.54 Å². The van der Waals surface area contributed by atoms with E-state index in [-0.39, 0.29) is 25.1 Å². The third-order valence-electron chi connectivity index (χ3n) is 4.96. The minimum Gasteiger partial charge on any atom is -0.463 e. The SMILES string of the molecule is CC(C)CCCCCCCCCC(C)C(=O)OC[C@@H](O)COP(=O)(O)OCCN(C)C. The number of aliphatic hydroxyl groups is 1. The Balaban J connectivity index is 3.77. The average molecular weight is 468 g/mol. The van der Waals surface area contributed by atoms with Crippen LogP contribution in [0.15, 0.2) is 0 Å². The van der Waals surface area contributed by atoms with Gasteiger partial charge in [0.2, 0.25) is 0 Å². The van der Waals surface area contributed by atoms with Crippen LogP contribution in [0.2, 0.25) is 0 Å². The maximum absolute atomic E-state index is 12.0. The molecule has 2 N–H and O–H groups in total. The van der Waals surface area contributed by atoms with Crippen molar-refractivity contribution in [3.63, 3.8) is 0 Å². The molecule has 0 bridgehead atoms. The first kappa shape index (κ1) is 30.5. The van der Waals surface area contributed by atoms with Crippen molar-refractivity contribution in [3.05, 3.63) is 0 Å². The van der Waals surface area contributed by atoms with Gasteiger partial charge in [0.15, 0.2) is 0 Å². The second-order valence-corrected chi connectivity index (χ2v) is 10.5. The van der Waals surface area contributed by atoms with Crippen LogP contribution in [0.4, 0.5) is 0 Å². The first-order valence-electron chi connectivity index (χ1n) is 11.6. The number of hydrogen-bond acceptors (Lipinski definition) is 7. The fourth-order valence-electron chi connectivity index (χ4n) is 2.93. The third-order valence-corrected chi connectivity index (χ3v) is 5.95. The van der Waals surface area contributed by atoms with E-state index in [2.05, 4.69) is 13.8 Å². The van der Waals surface area contributed by atoms with Crippen molar-refractivity contribution in [1.29, 1.82) is 0 Å². The lowest BCUT2D eigenvalue weighted by Crippen LogP contribution is -2.26. The number of esters is 1. The summed E-state index contributed by atoms with van der Waals surface area (Å²) in [5.41, 5.74) is 0. The van der Waals surface area contributed by atoms with E-state index < -0.39 is 20.5 Å². The van der Waals surface area contributed by atoms with Crippen LogP contribution in [-0.4, -0.2) is 67.4 Å². The average Bonchev–Trinajstić information content (AvgIpc) is 2.68. The molecular weight excluding hydrogens is 421 g/mol. The van der Waals surface area contributed by atoms with E-state index in [9.17, 15) is 19.4 Å². The topological polar surface area (TPSA) is 106 Å². The molecule has 0 rings (SSSR count). The van der Waals surface area contributed by atoms with Crippen LogP contribution in [0.1, 0.15) is 78.6 Å².